The van der Waals surface area contributed by atoms with Crippen LogP contribution in [-0.4, -0.2) is 11.9 Å². The molecule has 0 bridgehead atoms. The van der Waals surface area contributed by atoms with Gasteiger partial charge in [0, 0.05) is 17.3 Å². The van der Waals surface area contributed by atoms with Gasteiger partial charge in [-0.25, -0.2) is 0 Å². The molecule has 2 aromatic carbocycles. The molecule has 3 nitrogen and oxygen atoms in total. The van der Waals surface area contributed by atoms with Gasteiger partial charge in [-0.1, -0.05) is 30.3 Å². The zero-order valence-corrected chi connectivity index (χ0v) is 11.9. The molecular weight excluding hydrogens is 248 g/mol. The number of aryl methyl sites for hydroxylation is 1. The molecule has 0 radical (unpaired) electrons. The van der Waals surface area contributed by atoms with E-state index in [0.29, 0.717) is 11.3 Å². The molecule has 0 aromatic heterocycles. The highest BCUT2D eigenvalue weighted by Gasteiger charge is 2.12. The van der Waals surface area contributed by atoms with Crippen LogP contribution >= 0.6 is 0 Å². The quantitative estimate of drug-likeness (QED) is 0.838. The van der Waals surface area contributed by atoms with Gasteiger partial charge < -0.3 is 11.1 Å². The molecule has 2 aromatic rings. The molecule has 104 valence electrons. The first kappa shape index (κ1) is 14.1. The second-order valence-electron chi connectivity index (χ2n) is 5.14. The predicted molar refractivity (Wildman–Crippen MR) is 82.7 cm³/mol. The summed E-state index contributed by atoms with van der Waals surface area (Å²) in [7, 11) is 0. The van der Waals surface area contributed by atoms with E-state index in [1.807, 2.05) is 38.1 Å². The van der Waals surface area contributed by atoms with Crippen molar-refractivity contribution in [3.8, 4) is 0 Å². The Morgan fingerprint density at radius 3 is 2.55 bits per heavy atom. The minimum absolute atomic E-state index is 0.0501. The first-order valence-electron chi connectivity index (χ1n) is 6.77. The molecule has 0 aliphatic carbocycles. The summed E-state index contributed by atoms with van der Waals surface area (Å²) in [4.78, 5) is 12.2. The Morgan fingerprint density at radius 1 is 1.20 bits per heavy atom. The van der Waals surface area contributed by atoms with Crippen LogP contribution in [0.2, 0.25) is 0 Å². The average Bonchev–Trinajstić information content (AvgIpc) is 2.39. The predicted octanol–water partition coefficient (Wildman–Crippen LogP) is 2.94. The maximum absolute atomic E-state index is 12.2. The van der Waals surface area contributed by atoms with Crippen LogP contribution in [0.25, 0.3) is 0 Å². The number of benzene rings is 2. The van der Waals surface area contributed by atoms with Gasteiger partial charge >= 0.3 is 0 Å². The number of nitrogens with two attached hydrogens (primary N) is 1. The second kappa shape index (κ2) is 6.24. The molecule has 0 aliphatic heterocycles. The third-order valence-electron chi connectivity index (χ3n) is 3.26. The molecule has 0 saturated heterocycles. The van der Waals surface area contributed by atoms with Gasteiger partial charge in [0.05, 0.1) is 0 Å². The second-order valence-corrected chi connectivity index (χ2v) is 5.14. The normalized spacial score (nSPS) is 11.9. The number of carbonyl (C=O) groups excluding carboxylic acids is 1. The minimum Gasteiger partial charge on any atom is -0.399 e. The van der Waals surface area contributed by atoms with Gasteiger partial charge in [-0.05, 0) is 49.6 Å². The maximum atomic E-state index is 12.2. The number of nitrogen functional groups attached to an aromatic ring is 1. The topological polar surface area (TPSA) is 55.1 Å². The zero-order valence-electron chi connectivity index (χ0n) is 11.9. The number of anilines is 1. The van der Waals surface area contributed by atoms with Crippen LogP contribution in [0.15, 0.2) is 48.5 Å². The number of carbonyl (C=O) groups is 1. The molecule has 20 heavy (non-hydrogen) atoms. The van der Waals surface area contributed by atoms with Crippen molar-refractivity contribution in [2.75, 3.05) is 5.73 Å². The van der Waals surface area contributed by atoms with E-state index in [0.717, 1.165) is 12.0 Å². The van der Waals surface area contributed by atoms with Gasteiger partial charge in [0.1, 0.15) is 0 Å². The van der Waals surface area contributed by atoms with E-state index in [9.17, 15) is 4.79 Å². The number of hydrogen-bond acceptors (Lipinski definition) is 2. The van der Waals surface area contributed by atoms with E-state index >= 15 is 0 Å². The lowest BCUT2D eigenvalue weighted by molar-refractivity contribution is 0.0939. The molecule has 0 fully saturated rings. The van der Waals surface area contributed by atoms with Crippen LogP contribution in [0.4, 0.5) is 5.69 Å². The zero-order chi connectivity index (χ0) is 14.5. The maximum Gasteiger partial charge on any atom is 0.251 e. The van der Waals surface area contributed by atoms with E-state index < -0.39 is 0 Å². The SMILES string of the molecule is Cc1cc(N)ccc1C(=O)NC(C)Cc1ccccc1. The van der Waals surface area contributed by atoms with Crippen LogP contribution in [0.3, 0.4) is 0 Å². The van der Waals surface area contributed by atoms with Crippen molar-refractivity contribution in [1.82, 2.24) is 5.32 Å². The molecule has 0 spiro atoms. The van der Waals surface area contributed by atoms with Crippen LogP contribution in [-0.2, 0) is 6.42 Å². The lowest BCUT2D eigenvalue weighted by Gasteiger charge is -2.15. The Balaban J connectivity index is 2.00. The van der Waals surface area contributed by atoms with Gasteiger partial charge in [-0.15, -0.1) is 0 Å². The lowest BCUT2D eigenvalue weighted by atomic mass is 10.0. The summed E-state index contributed by atoms with van der Waals surface area (Å²) in [5.41, 5.74) is 9.17. The minimum atomic E-state index is -0.0501. The Morgan fingerprint density at radius 2 is 1.90 bits per heavy atom. The molecule has 0 heterocycles. The fraction of sp³-hybridized carbons (Fsp3) is 0.235. The van der Waals surface area contributed by atoms with Crippen molar-refractivity contribution in [2.45, 2.75) is 26.3 Å². The van der Waals surface area contributed by atoms with Crippen LogP contribution in [0, 0.1) is 6.92 Å². The summed E-state index contributed by atoms with van der Waals surface area (Å²) in [6, 6.07) is 15.6. The monoisotopic (exact) mass is 268 g/mol. The molecule has 1 unspecified atom stereocenters. The third kappa shape index (κ3) is 3.60. The lowest BCUT2D eigenvalue weighted by Crippen LogP contribution is -2.34. The van der Waals surface area contributed by atoms with Gasteiger partial charge in [0.25, 0.3) is 5.91 Å². The Hall–Kier alpha value is -2.29. The summed E-state index contributed by atoms with van der Waals surface area (Å²) in [5.74, 6) is -0.0501. The van der Waals surface area contributed by atoms with Crippen molar-refractivity contribution in [3.05, 3.63) is 65.2 Å². The van der Waals surface area contributed by atoms with Gasteiger partial charge in [0.2, 0.25) is 0 Å². The van der Waals surface area contributed by atoms with Gasteiger partial charge in [-0.2, -0.15) is 0 Å². The number of amides is 1. The van der Waals surface area contributed by atoms with Gasteiger partial charge in [-0.3, -0.25) is 4.79 Å². The van der Waals surface area contributed by atoms with E-state index in [4.69, 9.17) is 5.73 Å². The Bertz CT molecular complexity index is 593. The summed E-state index contributed by atoms with van der Waals surface area (Å²) in [5, 5.41) is 3.03. The highest BCUT2D eigenvalue weighted by molar-refractivity contribution is 5.96. The summed E-state index contributed by atoms with van der Waals surface area (Å²) in [6.07, 6.45) is 0.820. The molecule has 3 N–H and O–H groups in total. The Kier molecular flexibility index (Phi) is 4.41. The fourth-order valence-corrected chi connectivity index (χ4v) is 2.26. The van der Waals surface area contributed by atoms with Crippen LogP contribution in [0.1, 0.15) is 28.4 Å². The molecule has 1 atom stereocenters. The smallest absolute Gasteiger partial charge is 0.251 e. The third-order valence-corrected chi connectivity index (χ3v) is 3.26. The summed E-state index contributed by atoms with van der Waals surface area (Å²) >= 11 is 0. The molecule has 2 rings (SSSR count). The largest absolute Gasteiger partial charge is 0.399 e. The Labute approximate surface area is 119 Å². The van der Waals surface area contributed by atoms with Crippen LogP contribution in [0.5, 0.6) is 0 Å². The number of rotatable bonds is 4. The van der Waals surface area contributed by atoms with Crippen molar-refractivity contribution in [1.29, 1.82) is 0 Å². The molecular formula is C17H20N2O. The summed E-state index contributed by atoms with van der Waals surface area (Å²) < 4.78 is 0. The molecule has 0 saturated carbocycles. The first-order valence-corrected chi connectivity index (χ1v) is 6.77. The van der Waals surface area contributed by atoms with Crippen molar-refractivity contribution in [2.24, 2.45) is 0 Å². The molecule has 1 amide bonds. The standard InChI is InChI=1S/C17H20N2O/c1-12-10-15(18)8-9-16(12)17(20)19-13(2)11-14-6-4-3-5-7-14/h3-10,13H,11,18H2,1-2H3,(H,19,20). The number of nitrogens with one attached hydrogen (secondary N) is 1. The highest BCUT2D eigenvalue weighted by atomic mass is 16.1. The first-order chi connectivity index (χ1) is 9.56. The summed E-state index contributed by atoms with van der Waals surface area (Å²) in [6.45, 7) is 3.91. The van der Waals surface area contributed by atoms with E-state index in [2.05, 4.69) is 17.4 Å². The van der Waals surface area contributed by atoms with E-state index in [1.165, 1.54) is 5.56 Å². The van der Waals surface area contributed by atoms with Crippen molar-refractivity contribution in [3.63, 3.8) is 0 Å². The van der Waals surface area contributed by atoms with Crippen LogP contribution < -0.4 is 11.1 Å². The molecule has 0 aliphatic rings. The highest BCUT2D eigenvalue weighted by Crippen LogP contribution is 2.13. The van der Waals surface area contributed by atoms with E-state index in [-0.39, 0.29) is 11.9 Å². The fourth-order valence-electron chi connectivity index (χ4n) is 2.26. The van der Waals surface area contributed by atoms with E-state index in [1.54, 1.807) is 12.1 Å². The van der Waals surface area contributed by atoms with Crippen molar-refractivity contribution < 1.29 is 4.79 Å². The number of hydrogen-bond donors (Lipinski definition) is 2. The average molecular weight is 268 g/mol. The van der Waals surface area contributed by atoms with Crippen molar-refractivity contribution >= 4 is 11.6 Å². The van der Waals surface area contributed by atoms with Gasteiger partial charge in [0.15, 0.2) is 0 Å². The molecule has 3 heteroatoms.